The first-order chi connectivity index (χ1) is 8.43. The highest BCUT2D eigenvalue weighted by Gasteiger charge is 2.16. The maximum atomic E-state index is 13.5. The Hall–Kier alpha value is -1.47. The number of hydrogen-bond donors (Lipinski definition) is 3. The summed E-state index contributed by atoms with van der Waals surface area (Å²) in [5, 5.41) is 19.7. The second-order valence-corrected chi connectivity index (χ2v) is 4.35. The molecule has 0 spiro atoms. The topological polar surface area (TPSA) is 86.6 Å². The number of hydrogen-bond acceptors (Lipinski definition) is 3. The molecule has 1 amide bonds. The van der Waals surface area contributed by atoms with Crippen LogP contribution in [0, 0.1) is 5.82 Å². The maximum absolute atomic E-state index is 13.5. The number of amides is 1. The summed E-state index contributed by atoms with van der Waals surface area (Å²) in [4.78, 5) is 21.9. The normalized spacial score (nSPS) is 11.9. The van der Waals surface area contributed by atoms with E-state index in [0.29, 0.717) is 0 Å². The van der Waals surface area contributed by atoms with Crippen LogP contribution in [0.3, 0.4) is 0 Å². The number of carboxylic acid groups (broad SMARTS) is 1. The van der Waals surface area contributed by atoms with Crippen LogP contribution >= 0.6 is 15.9 Å². The smallest absolute Gasteiger partial charge is 0.332 e. The van der Waals surface area contributed by atoms with Gasteiger partial charge in [0, 0.05) is 13.0 Å². The van der Waals surface area contributed by atoms with Crippen LogP contribution in [0.4, 0.5) is 4.39 Å². The molecular weight excluding hydrogens is 309 g/mol. The highest BCUT2D eigenvalue weighted by molar-refractivity contribution is 9.10. The number of nitrogens with one attached hydrogen (secondary N) is 1. The Morgan fingerprint density at radius 2 is 2.11 bits per heavy atom. The van der Waals surface area contributed by atoms with E-state index >= 15 is 0 Å². The quantitative estimate of drug-likeness (QED) is 0.760. The van der Waals surface area contributed by atoms with Gasteiger partial charge in [0.05, 0.1) is 10.0 Å². The highest BCUT2D eigenvalue weighted by atomic mass is 79.9. The Labute approximate surface area is 111 Å². The Balaban J connectivity index is 2.56. The summed E-state index contributed by atoms with van der Waals surface area (Å²) < 4.78 is 13.7. The Bertz CT molecular complexity index is 466. The van der Waals surface area contributed by atoms with Crippen LogP contribution in [-0.4, -0.2) is 34.7 Å². The molecular formula is C11H11BrFNO4. The molecule has 3 N–H and O–H groups in total. The van der Waals surface area contributed by atoms with Gasteiger partial charge in [-0.2, -0.15) is 0 Å². The van der Waals surface area contributed by atoms with Gasteiger partial charge in [-0.15, -0.1) is 0 Å². The van der Waals surface area contributed by atoms with Gasteiger partial charge in [-0.25, -0.2) is 9.18 Å². The van der Waals surface area contributed by atoms with Crippen LogP contribution in [0.25, 0.3) is 0 Å². The van der Waals surface area contributed by atoms with Crippen molar-refractivity contribution in [3.05, 3.63) is 34.1 Å². The fourth-order valence-electron chi connectivity index (χ4n) is 1.22. The molecule has 0 heterocycles. The predicted molar refractivity (Wildman–Crippen MR) is 64.7 cm³/mol. The molecule has 5 nitrogen and oxygen atoms in total. The first kappa shape index (κ1) is 14.6. The largest absolute Gasteiger partial charge is 0.479 e. The summed E-state index contributed by atoms with van der Waals surface area (Å²) in [6, 6.07) is 4.28. The van der Waals surface area contributed by atoms with E-state index in [1.807, 2.05) is 0 Å². The molecule has 0 saturated heterocycles. The first-order valence-electron chi connectivity index (χ1n) is 5.06. The lowest BCUT2D eigenvalue weighted by molar-refractivity contribution is -0.146. The lowest BCUT2D eigenvalue weighted by Gasteiger charge is -2.08. The monoisotopic (exact) mass is 319 g/mol. The minimum Gasteiger partial charge on any atom is -0.479 e. The molecule has 1 rings (SSSR count). The maximum Gasteiger partial charge on any atom is 0.332 e. The van der Waals surface area contributed by atoms with Crippen molar-refractivity contribution in [2.75, 3.05) is 6.54 Å². The van der Waals surface area contributed by atoms with Crippen LogP contribution in [0.1, 0.15) is 16.8 Å². The number of rotatable bonds is 5. The van der Waals surface area contributed by atoms with E-state index in [0.717, 1.165) is 0 Å². The number of carboxylic acids is 1. The average Bonchev–Trinajstić information content (AvgIpc) is 2.32. The molecule has 7 heteroatoms. The summed E-state index contributed by atoms with van der Waals surface area (Å²) in [7, 11) is 0. The van der Waals surface area contributed by atoms with E-state index < -0.39 is 23.8 Å². The van der Waals surface area contributed by atoms with E-state index in [1.165, 1.54) is 18.2 Å². The Morgan fingerprint density at radius 1 is 1.44 bits per heavy atom. The van der Waals surface area contributed by atoms with Gasteiger partial charge in [-0.05, 0) is 28.1 Å². The molecule has 0 aliphatic rings. The van der Waals surface area contributed by atoms with Crippen molar-refractivity contribution in [2.24, 2.45) is 0 Å². The van der Waals surface area contributed by atoms with Gasteiger partial charge in [0.15, 0.2) is 6.10 Å². The second-order valence-electron chi connectivity index (χ2n) is 3.50. The molecule has 1 atom stereocenters. The number of benzene rings is 1. The van der Waals surface area contributed by atoms with Crippen LogP contribution < -0.4 is 5.32 Å². The summed E-state index contributed by atoms with van der Waals surface area (Å²) in [6.45, 7) is -0.0573. The average molecular weight is 320 g/mol. The van der Waals surface area contributed by atoms with Gasteiger partial charge in [0.2, 0.25) is 0 Å². The number of aliphatic hydroxyl groups excluding tert-OH is 1. The molecule has 0 radical (unpaired) electrons. The van der Waals surface area contributed by atoms with Crippen molar-refractivity contribution in [1.82, 2.24) is 5.32 Å². The van der Waals surface area contributed by atoms with E-state index in [1.54, 1.807) is 0 Å². The number of carbonyl (C=O) groups excluding carboxylic acids is 1. The number of halogens is 2. The van der Waals surface area contributed by atoms with Gasteiger partial charge in [-0.3, -0.25) is 4.79 Å². The third kappa shape index (κ3) is 3.78. The molecule has 0 fully saturated rings. The zero-order valence-corrected chi connectivity index (χ0v) is 10.8. The van der Waals surface area contributed by atoms with Gasteiger partial charge in [-0.1, -0.05) is 6.07 Å². The molecule has 1 aromatic rings. The van der Waals surface area contributed by atoms with Crippen molar-refractivity contribution in [1.29, 1.82) is 0 Å². The fourth-order valence-corrected chi connectivity index (χ4v) is 1.59. The lowest BCUT2D eigenvalue weighted by atomic mass is 10.2. The third-order valence-corrected chi connectivity index (χ3v) is 2.80. The summed E-state index contributed by atoms with van der Waals surface area (Å²) in [5.74, 6) is -2.71. The molecule has 0 unspecified atom stereocenters. The molecule has 1 aromatic carbocycles. The Kier molecular flexibility index (Phi) is 5.24. The lowest BCUT2D eigenvalue weighted by Crippen LogP contribution is -2.30. The van der Waals surface area contributed by atoms with Gasteiger partial charge >= 0.3 is 5.97 Å². The zero-order chi connectivity index (χ0) is 13.7. The van der Waals surface area contributed by atoms with E-state index in [4.69, 9.17) is 10.2 Å². The van der Waals surface area contributed by atoms with Crippen LogP contribution in [-0.2, 0) is 4.79 Å². The molecule has 0 saturated carbocycles. The van der Waals surface area contributed by atoms with Gasteiger partial charge in [0.1, 0.15) is 5.82 Å². The third-order valence-electron chi connectivity index (χ3n) is 2.18. The minimum atomic E-state index is -1.54. The Morgan fingerprint density at radius 3 is 2.72 bits per heavy atom. The fraction of sp³-hybridized carbons (Fsp3) is 0.273. The molecule has 0 aliphatic carbocycles. The van der Waals surface area contributed by atoms with Crippen molar-refractivity contribution >= 4 is 27.8 Å². The van der Waals surface area contributed by atoms with Gasteiger partial charge in [0.25, 0.3) is 5.91 Å². The van der Waals surface area contributed by atoms with E-state index in [-0.39, 0.29) is 23.0 Å². The van der Waals surface area contributed by atoms with Crippen molar-refractivity contribution < 1.29 is 24.2 Å². The number of carbonyl (C=O) groups is 2. The second kappa shape index (κ2) is 6.46. The molecule has 0 bridgehead atoms. The van der Waals surface area contributed by atoms with Gasteiger partial charge < -0.3 is 15.5 Å². The minimum absolute atomic E-state index is 0.0573. The van der Waals surface area contributed by atoms with Crippen molar-refractivity contribution in [2.45, 2.75) is 12.5 Å². The van der Waals surface area contributed by atoms with E-state index in [9.17, 15) is 14.0 Å². The SMILES string of the molecule is O=C(NCC[C@H](O)C(=O)O)c1cccc(Br)c1F. The highest BCUT2D eigenvalue weighted by Crippen LogP contribution is 2.18. The van der Waals surface area contributed by atoms with Crippen molar-refractivity contribution in [3.63, 3.8) is 0 Å². The number of aliphatic carboxylic acids is 1. The molecule has 0 aromatic heterocycles. The van der Waals surface area contributed by atoms with Crippen LogP contribution in [0.2, 0.25) is 0 Å². The van der Waals surface area contributed by atoms with Crippen LogP contribution in [0.5, 0.6) is 0 Å². The molecule has 18 heavy (non-hydrogen) atoms. The zero-order valence-electron chi connectivity index (χ0n) is 9.19. The number of aliphatic hydroxyl groups is 1. The van der Waals surface area contributed by atoms with E-state index in [2.05, 4.69) is 21.2 Å². The summed E-state index contributed by atoms with van der Waals surface area (Å²) in [6.07, 6.45) is -1.69. The first-order valence-corrected chi connectivity index (χ1v) is 5.86. The standard InChI is InChI=1S/C11H11BrFNO4/c12-7-3-1-2-6(9(7)13)10(16)14-5-4-8(15)11(17)18/h1-3,8,15H,4-5H2,(H,14,16)(H,17,18)/t8-/m0/s1. The summed E-state index contributed by atoms with van der Waals surface area (Å²) >= 11 is 2.95. The van der Waals surface area contributed by atoms with Crippen molar-refractivity contribution in [3.8, 4) is 0 Å². The van der Waals surface area contributed by atoms with Crippen LogP contribution in [0.15, 0.2) is 22.7 Å². The molecule has 98 valence electrons. The summed E-state index contributed by atoms with van der Waals surface area (Å²) in [5.41, 5.74) is -0.144. The molecule has 0 aliphatic heterocycles. The predicted octanol–water partition coefficient (Wildman–Crippen LogP) is 1.15.